The Morgan fingerprint density at radius 2 is 1.86 bits per heavy atom. The van der Waals surface area contributed by atoms with Crippen LogP contribution in [0.3, 0.4) is 0 Å². The molecule has 1 N–H and O–H groups in total. The molecular formula is C12H16CuO. The molecule has 0 saturated heterocycles. The van der Waals surface area contributed by atoms with E-state index in [1.165, 1.54) is 32.1 Å². The molecule has 14 heavy (non-hydrogen) atoms. The zero-order chi connectivity index (χ0) is 9.36. The summed E-state index contributed by atoms with van der Waals surface area (Å²) in [5.74, 6) is 0.197. The van der Waals surface area contributed by atoms with E-state index in [0.29, 0.717) is 0 Å². The molecule has 81 valence electrons. The minimum atomic E-state index is 0. The van der Waals surface area contributed by atoms with Crippen molar-refractivity contribution in [2.45, 2.75) is 32.1 Å². The first-order valence-electron chi connectivity index (χ1n) is 4.87. The van der Waals surface area contributed by atoms with Gasteiger partial charge < -0.3 is 11.5 Å². The largest absolute Gasteiger partial charge is 2.00 e. The molecule has 1 fully saturated rings. The topological polar surface area (TPSA) is 20.2 Å². The molecule has 0 heterocycles. The minimum Gasteiger partial charge on any atom is -0.534 e. The molecule has 0 amide bonds. The molecular weight excluding hydrogens is 224 g/mol. The minimum absolute atomic E-state index is 0. The Bertz CT molecular complexity index is 195. The Hall–Kier alpha value is -0.461. The van der Waals surface area contributed by atoms with Crippen LogP contribution in [0, 0.1) is 12.5 Å². The van der Waals surface area contributed by atoms with Crippen molar-refractivity contribution in [2.75, 3.05) is 0 Å². The normalized spacial score (nSPS) is 14.6. The molecule has 1 saturated carbocycles. The van der Waals surface area contributed by atoms with Gasteiger partial charge >= 0.3 is 17.1 Å². The average molecular weight is 240 g/mol. The summed E-state index contributed by atoms with van der Waals surface area (Å²) in [7, 11) is 0. The van der Waals surface area contributed by atoms with Crippen LogP contribution < -0.4 is 0 Å². The third-order valence-corrected chi connectivity index (χ3v) is 2.01. The maximum Gasteiger partial charge on any atom is 2.00 e. The molecule has 0 aromatic heterocycles. The Morgan fingerprint density at radius 1 is 1.14 bits per heavy atom. The molecule has 1 radical (unpaired) electrons. The number of rotatable bonds is 0. The smallest absolute Gasteiger partial charge is 0.534 e. The third-order valence-electron chi connectivity index (χ3n) is 2.01. The van der Waals surface area contributed by atoms with Crippen LogP contribution in [-0.2, 0) is 17.1 Å². The third kappa shape index (κ3) is 6.99. The van der Waals surface area contributed by atoms with Crippen LogP contribution in [0.4, 0.5) is 0 Å². The standard InChI is InChI=1S/C6H5O.C6H11.Cu/c7-6-4-2-1-3-5-6;1-2-4-6-5-3-1;/h1-4,7H;1H,2-6H2;/q2*-1;+2. The molecule has 0 aliphatic heterocycles. The summed E-state index contributed by atoms with van der Waals surface area (Å²) in [4.78, 5) is 0. The summed E-state index contributed by atoms with van der Waals surface area (Å²) in [6.07, 6.45) is 9.50. The van der Waals surface area contributed by atoms with Crippen molar-refractivity contribution < 1.29 is 22.2 Å². The van der Waals surface area contributed by atoms with Gasteiger partial charge in [-0.1, -0.05) is 19.3 Å². The van der Waals surface area contributed by atoms with Crippen molar-refractivity contribution >= 4 is 0 Å². The van der Waals surface area contributed by atoms with E-state index < -0.39 is 0 Å². The van der Waals surface area contributed by atoms with E-state index in [9.17, 15) is 0 Å². The first kappa shape index (κ1) is 13.5. The fourth-order valence-corrected chi connectivity index (χ4v) is 1.28. The fourth-order valence-electron chi connectivity index (χ4n) is 1.28. The van der Waals surface area contributed by atoms with Crippen LogP contribution in [0.5, 0.6) is 5.75 Å². The number of benzene rings is 1. The monoisotopic (exact) mass is 239 g/mol. The van der Waals surface area contributed by atoms with Crippen LogP contribution in [0.1, 0.15) is 32.1 Å². The second kappa shape index (κ2) is 9.11. The molecule has 1 aliphatic rings. The second-order valence-corrected chi connectivity index (χ2v) is 3.17. The first-order valence-corrected chi connectivity index (χ1v) is 4.87. The summed E-state index contributed by atoms with van der Waals surface area (Å²) >= 11 is 0. The van der Waals surface area contributed by atoms with E-state index in [0.717, 1.165) is 0 Å². The van der Waals surface area contributed by atoms with Gasteiger partial charge in [0.1, 0.15) is 0 Å². The predicted molar refractivity (Wildman–Crippen MR) is 54.3 cm³/mol. The van der Waals surface area contributed by atoms with Gasteiger partial charge in [0.05, 0.1) is 0 Å². The van der Waals surface area contributed by atoms with Gasteiger partial charge in [0, 0.05) is 5.75 Å². The van der Waals surface area contributed by atoms with E-state index in [1.807, 2.05) is 0 Å². The molecule has 2 rings (SSSR count). The van der Waals surface area contributed by atoms with Crippen LogP contribution in [0.2, 0.25) is 0 Å². The van der Waals surface area contributed by atoms with E-state index >= 15 is 0 Å². The zero-order valence-corrected chi connectivity index (χ0v) is 9.11. The number of hydrogen-bond acceptors (Lipinski definition) is 1. The Kier molecular flexibility index (Phi) is 8.81. The number of phenolic OH excluding ortho intramolecular Hbond substituents is 1. The molecule has 1 aromatic rings. The molecule has 0 spiro atoms. The van der Waals surface area contributed by atoms with E-state index in [2.05, 4.69) is 12.5 Å². The van der Waals surface area contributed by atoms with E-state index in [4.69, 9.17) is 5.11 Å². The maximum absolute atomic E-state index is 8.58. The molecule has 2 heteroatoms. The number of hydrogen-bond donors (Lipinski definition) is 1. The summed E-state index contributed by atoms with van der Waals surface area (Å²) in [5.41, 5.74) is 0. The molecule has 1 aromatic carbocycles. The van der Waals surface area contributed by atoms with Crippen molar-refractivity contribution in [1.29, 1.82) is 0 Å². The van der Waals surface area contributed by atoms with Gasteiger partial charge in [-0.2, -0.15) is 31.0 Å². The van der Waals surface area contributed by atoms with E-state index in [-0.39, 0.29) is 22.8 Å². The van der Waals surface area contributed by atoms with E-state index in [1.54, 1.807) is 24.3 Å². The summed E-state index contributed by atoms with van der Waals surface area (Å²) < 4.78 is 0. The van der Waals surface area contributed by atoms with Crippen molar-refractivity contribution in [3.8, 4) is 5.75 Å². The molecule has 1 aliphatic carbocycles. The zero-order valence-electron chi connectivity index (χ0n) is 8.17. The number of para-hydroxylation sites is 1. The average Bonchev–Trinajstić information content (AvgIpc) is 2.22. The quantitative estimate of drug-likeness (QED) is 0.544. The van der Waals surface area contributed by atoms with Gasteiger partial charge in [-0.15, -0.1) is 12.1 Å². The summed E-state index contributed by atoms with van der Waals surface area (Å²) in [6, 6.07) is 9.39. The van der Waals surface area contributed by atoms with Crippen molar-refractivity contribution in [3.05, 3.63) is 36.8 Å². The number of aromatic hydroxyl groups is 1. The molecule has 1 nitrogen and oxygen atoms in total. The van der Waals surface area contributed by atoms with Gasteiger partial charge in [0.15, 0.2) is 0 Å². The van der Waals surface area contributed by atoms with Gasteiger partial charge in [0.2, 0.25) is 0 Å². The second-order valence-electron chi connectivity index (χ2n) is 3.17. The Morgan fingerprint density at radius 3 is 2.07 bits per heavy atom. The first-order chi connectivity index (χ1) is 6.39. The summed E-state index contributed by atoms with van der Waals surface area (Å²) in [5, 5.41) is 8.58. The molecule has 0 unspecified atom stereocenters. The van der Waals surface area contributed by atoms with Crippen molar-refractivity contribution in [1.82, 2.24) is 0 Å². The van der Waals surface area contributed by atoms with Gasteiger partial charge in [-0.25, -0.2) is 0 Å². The molecule has 0 atom stereocenters. The van der Waals surface area contributed by atoms with Crippen molar-refractivity contribution in [3.63, 3.8) is 0 Å². The van der Waals surface area contributed by atoms with Gasteiger partial charge in [-0.3, -0.25) is 0 Å². The maximum atomic E-state index is 8.58. The summed E-state index contributed by atoms with van der Waals surface area (Å²) in [6.45, 7) is 0. The van der Waals surface area contributed by atoms with Crippen LogP contribution >= 0.6 is 0 Å². The van der Waals surface area contributed by atoms with Crippen LogP contribution in [-0.4, -0.2) is 5.11 Å². The molecule has 0 bridgehead atoms. The SMILES string of the molecule is Oc1[c-]cccc1.[CH-]1CCCCC1.[Cu+2]. The van der Waals surface area contributed by atoms with Crippen LogP contribution in [0.25, 0.3) is 0 Å². The number of phenols is 1. The fraction of sp³-hybridized carbons (Fsp3) is 0.417. The predicted octanol–water partition coefficient (Wildman–Crippen LogP) is 3.34. The van der Waals surface area contributed by atoms with Crippen LogP contribution in [0.15, 0.2) is 24.3 Å². The van der Waals surface area contributed by atoms with Crippen molar-refractivity contribution in [2.24, 2.45) is 0 Å². The Labute approximate surface area is 97.0 Å². The Balaban J connectivity index is 0.000000227. The van der Waals surface area contributed by atoms with Gasteiger partial charge in [0.25, 0.3) is 0 Å². The van der Waals surface area contributed by atoms with Gasteiger partial charge in [-0.05, 0) is 0 Å².